The number of ether oxygens (including phenoxy) is 2. The summed E-state index contributed by atoms with van der Waals surface area (Å²) in [5.74, 6) is -0.482. The molecule has 33 heavy (non-hydrogen) atoms. The third kappa shape index (κ3) is 5.72. The Kier molecular flexibility index (Phi) is 6.94. The smallest absolute Gasteiger partial charge is 0.275 e. The summed E-state index contributed by atoms with van der Waals surface area (Å²) in [5, 5.41) is 7.83. The Balaban J connectivity index is 1.36. The van der Waals surface area contributed by atoms with E-state index < -0.39 is 11.7 Å². The van der Waals surface area contributed by atoms with Crippen molar-refractivity contribution in [2.45, 2.75) is 26.4 Å². The monoisotopic (exact) mass is 468 g/mol. The normalized spacial score (nSPS) is 10.8. The predicted molar refractivity (Wildman–Crippen MR) is 122 cm³/mol. The fourth-order valence-corrected chi connectivity index (χ4v) is 4.03. The van der Waals surface area contributed by atoms with Crippen molar-refractivity contribution in [1.82, 2.24) is 14.6 Å². The van der Waals surface area contributed by atoms with E-state index in [2.05, 4.69) is 15.4 Å². The van der Waals surface area contributed by atoms with Crippen molar-refractivity contribution in [3.63, 3.8) is 0 Å². The highest BCUT2D eigenvalue weighted by Gasteiger charge is 2.10. The van der Waals surface area contributed by atoms with Crippen molar-refractivity contribution < 1.29 is 18.7 Å². The van der Waals surface area contributed by atoms with E-state index in [0.717, 1.165) is 17.8 Å². The molecule has 10 heteroatoms. The highest BCUT2D eigenvalue weighted by Crippen LogP contribution is 2.20. The SMILES string of the molecule is CCCc1nn2c(=O)cc(COc3cccc(NC(=O)COc4ccccc4F)c3)nc2s1. The maximum atomic E-state index is 13.6. The van der Waals surface area contributed by atoms with Gasteiger partial charge in [-0.15, -0.1) is 0 Å². The van der Waals surface area contributed by atoms with Crippen LogP contribution in [0.2, 0.25) is 0 Å². The summed E-state index contributed by atoms with van der Waals surface area (Å²) in [5.41, 5.74) is 0.720. The zero-order valence-electron chi connectivity index (χ0n) is 17.8. The van der Waals surface area contributed by atoms with Crippen LogP contribution in [0.1, 0.15) is 24.0 Å². The Labute approximate surface area is 192 Å². The van der Waals surface area contributed by atoms with Crippen LogP contribution < -0.4 is 20.3 Å². The second kappa shape index (κ2) is 10.2. The first-order valence-corrected chi connectivity index (χ1v) is 11.1. The zero-order chi connectivity index (χ0) is 23.2. The van der Waals surface area contributed by atoms with Crippen molar-refractivity contribution in [2.75, 3.05) is 11.9 Å². The number of para-hydroxylation sites is 1. The van der Waals surface area contributed by atoms with Crippen LogP contribution in [-0.2, 0) is 17.8 Å². The van der Waals surface area contributed by atoms with Gasteiger partial charge in [-0.3, -0.25) is 9.59 Å². The largest absolute Gasteiger partial charge is 0.487 e. The molecule has 170 valence electrons. The van der Waals surface area contributed by atoms with Crippen LogP contribution in [0.15, 0.2) is 59.4 Å². The van der Waals surface area contributed by atoms with Crippen molar-refractivity contribution in [1.29, 1.82) is 0 Å². The fourth-order valence-electron chi connectivity index (χ4n) is 3.01. The lowest BCUT2D eigenvalue weighted by Crippen LogP contribution is -2.20. The summed E-state index contributed by atoms with van der Waals surface area (Å²) in [6, 6.07) is 14.0. The Morgan fingerprint density at radius 3 is 2.82 bits per heavy atom. The molecular formula is C23H21FN4O4S. The summed E-state index contributed by atoms with van der Waals surface area (Å²) in [7, 11) is 0. The maximum Gasteiger partial charge on any atom is 0.275 e. The topological polar surface area (TPSA) is 94.8 Å². The summed E-state index contributed by atoms with van der Waals surface area (Å²) in [4.78, 5) is 29.5. The highest BCUT2D eigenvalue weighted by atomic mass is 32.1. The molecule has 0 aliphatic rings. The average Bonchev–Trinajstić information content (AvgIpc) is 3.21. The van der Waals surface area contributed by atoms with Gasteiger partial charge in [-0.25, -0.2) is 9.37 Å². The molecule has 2 aromatic carbocycles. The quantitative estimate of drug-likeness (QED) is 0.401. The number of aryl methyl sites for hydroxylation is 1. The van der Waals surface area contributed by atoms with E-state index in [9.17, 15) is 14.0 Å². The summed E-state index contributed by atoms with van der Waals surface area (Å²) >= 11 is 1.39. The Morgan fingerprint density at radius 1 is 1.15 bits per heavy atom. The van der Waals surface area contributed by atoms with Crippen LogP contribution >= 0.6 is 11.3 Å². The molecule has 8 nitrogen and oxygen atoms in total. The van der Waals surface area contributed by atoms with Gasteiger partial charge in [-0.2, -0.15) is 9.61 Å². The van der Waals surface area contributed by atoms with E-state index in [1.165, 1.54) is 34.1 Å². The highest BCUT2D eigenvalue weighted by molar-refractivity contribution is 7.16. The van der Waals surface area contributed by atoms with Gasteiger partial charge in [0.2, 0.25) is 4.96 Å². The number of amides is 1. The van der Waals surface area contributed by atoms with Gasteiger partial charge in [0.05, 0.1) is 5.69 Å². The van der Waals surface area contributed by atoms with Gasteiger partial charge in [0, 0.05) is 24.2 Å². The number of halogens is 1. The van der Waals surface area contributed by atoms with Gasteiger partial charge in [-0.05, 0) is 30.7 Å². The Bertz CT molecular complexity index is 1340. The Morgan fingerprint density at radius 2 is 2.00 bits per heavy atom. The lowest BCUT2D eigenvalue weighted by Gasteiger charge is -2.10. The van der Waals surface area contributed by atoms with E-state index in [1.54, 1.807) is 36.4 Å². The molecule has 0 radical (unpaired) electrons. The number of anilines is 1. The number of hydrogen-bond acceptors (Lipinski definition) is 7. The molecular weight excluding hydrogens is 447 g/mol. The number of nitrogens with zero attached hydrogens (tertiary/aromatic N) is 3. The number of benzene rings is 2. The summed E-state index contributed by atoms with van der Waals surface area (Å²) in [6.45, 7) is 1.80. The molecule has 4 aromatic rings. The first kappa shape index (κ1) is 22.4. The molecule has 0 aliphatic carbocycles. The minimum absolute atomic E-state index is 0.00728. The molecule has 4 rings (SSSR count). The minimum atomic E-state index is -0.535. The number of carbonyl (C=O) groups is 1. The lowest BCUT2D eigenvalue weighted by atomic mass is 10.3. The molecule has 0 atom stereocenters. The second-order valence-electron chi connectivity index (χ2n) is 7.11. The van der Waals surface area contributed by atoms with Crippen molar-refractivity contribution in [3.05, 3.63) is 81.5 Å². The lowest BCUT2D eigenvalue weighted by molar-refractivity contribution is -0.118. The van der Waals surface area contributed by atoms with E-state index in [1.807, 2.05) is 6.92 Å². The van der Waals surface area contributed by atoms with Crippen LogP contribution in [0.3, 0.4) is 0 Å². The molecule has 0 aliphatic heterocycles. The van der Waals surface area contributed by atoms with Gasteiger partial charge < -0.3 is 14.8 Å². The van der Waals surface area contributed by atoms with Crippen LogP contribution in [0, 0.1) is 5.82 Å². The van der Waals surface area contributed by atoms with Crippen LogP contribution in [0.4, 0.5) is 10.1 Å². The summed E-state index contributed by atoms with van der Waals surface area (Å²) in [6.07, 6.45) is 1.73. The van der Waals surface area contributed by atoms with E-state index in [-0.39, 0.29) is 24.5 Å². The van der Waals surface area contributed by atoms with E-state index >= 15 is 0 Å². The molecule has 0 unspecified atom stereocenters. The molecule has 2 aromatic heterocycles. The number of rotatable bonds is 9. The third-order valence-corrected chi connectivity index (χ3v) is 5.47. The molecule has 1 amide bonds. The first-order valence-electron chi connectivity index (χ1n) is 10.3. The van der Waals surface area contributed by atoms with Gasteiger partial charge >= 0.3 is 0 Å². The van der Waals surface area contributed by atoms with Crippen molar-refractivity contribution in [3.8, 4) is 11.5 Å². The fraction of sp³-hybridized carbons (Fsp3) is 0.217. The summed E-state index contributed by atoms with van der Waals surface area (Å²) < 4.78 is 25.9. The predicted octanol–water partition coefficient (Wildman–Crippen LogP) is 3.84. The molecule has 2 heterocycles. The van der Waals surface area contributed by atoms with Gasteiger partial charge in [-0.1, -0.05) is 36.5 Å². The van der Waals surface area contributed by atoms with Crippen LogP contribution in [-0.4, -0.2) is 27.1 Å². The number of fused-ring (bicyclic) bond motifs is 1. The Hall–Kier alpha value is -3.79. The zero-order valence-corrected chi connectivity index (χ0v) is 18.6. The maximum absolute atomic E-state index is 13.6. The molecule has 0 fully saturated rings. The average molecular weight is 469 g/mol. The third-order valence-electron chi connectivity index (χ3n) is 4.50. The molecule has 0 saturated carbocycles. The van der Waals surface area contributed by atoms with E-state index in [4.69, 9.17) is 9.47 Å². The van der Waals surface area contributed by atoms with Gasteiger partial charge in [0.1, 0.15) is 17.4 Å². The van der Waals surface area contributed by atoms with Crippen molar-refractivity contribution in [2.24, 2.45) is 0 Å². The number of hydrogen-bond donors (Lipinski definition) is 1. The molecule has 0 saturated heterocycles. The van der Waals surface area contributed by atoms with E-state index in [0.29, 0.717) is 22.1 Å². The van der Waals surface area contributed by atoms with Crippen LogP contribution in [0.25, 0.3) is 4.96 Å². The van der Waals surface area contributed by atoms with Gasteiger partial charge in [0.15, 0.2) is 18.2 Å². The number of nitrogens with one attached hydrogen (secondary N) is 1. The van der Waals surface area contributed by atoms with Crippen molar-refractivity contribution >= 4 is 27.9 Å². The first-order chi connectivity index (χ1) is 16.0. The number of carbonyl (C=O) groups excluding carboxylic acids is 1. The molecule has 0 spiro atoms. The number of aromatic nitrogens is 3. The standard InChI is InChI=1S/C23H21FN4O4S/c1-2-6-21-27-28-22(30)12-16(26-23(28)33-21)13-31-17-8-5-7-15(11-17)25-20(29)14-32-19-10-4-3-9-18(19)24/h3-5,7-12H,2,6,13-14H2,1H3,(H,25,29). The minimum Gasteiger partial charge on any atom is -0.487 e. The van der Waals surface area contributed by atoms with Gasteiger partial charge in [0.25, 0.3) is 11.5 Å². The van der Waals surface area contributed by atoms with Crippen LogP contribution in [0.5, 0.6) is 11.5 Å². The molecule has 0 bridgehead atoms. The molecule has 1 N–H and O–H groups in total. The second-order valence-corrected chi connectivity index (χ2v) is 8.15.